The van der Waals surface area contributed by atoms with Crippen molar-refractivity contribution in [2.45, 2.75) is 6.92 Å². The first-order valence-electron chi connectivity index (χ1n) is 9.81. The molecule has 1 aromatic heterocycles. The molecule has 4 rings (SSSR count). The van der Waals surface area contributed by atoms with E-state index in [1.54, 1.807) is 0 Å². The average molecular weight is 388 g/mol. The smallest absolute Gasteiger partial charge is 0.260 e. The fraction of sp³-hybridized carbons (Fsp3) is 0.261. The molecular formula is C23H24N4O2. The van der Waals surface area contributed by atoms with Crippen LogP contribution in [0.3, 0.4) is 0 Å². The highest BCUT2D eigenvalue weighted by Crippen LogP contribution is 2.22. The topological polar surface area (TPSA) is 58.6 Å². The molecule has 3 aromatic rings. The predicted molar refractivity (Wildman–Crippen MR) is 113 cm³/mol. The zero-order chi connectivity index (χ0) is 20.1. The molecule has 6 heteroatoms. The summed E-state index contributed by atoms with van der Waals surface area (Å²) in [6.07, 6.45) is 0. The molecule has 0 N–H and O–H groups in total. The predicted octanol–water partition coefficient (Wildman–Crippen LogP) is 3.18. The van der Waals surface area contributed by atoms with Crippen LogP contribution in [0.1, 0.15) is 5.56 Å². The fourth-order valence-electron chi connectivity index (χ4n) is 3.44. The molecule has 1 amide bonds. The van der Waals surface area contributed by atoms with E-state index < -0.39 is 0 Å². The second-order valence-corrected chi connectivity index (χ2v) is 7.06. The molecule has 0 saturated carbocycles. The number of hydrogen-bond acceptors (Lipinski definition) is 5. The van der Waals surface area contributed by atoms with Crippen molar-refractivity contribution >= 4 is 11.7 Å². The number of amides is 1. The zero-order valence-electron chi connectivity index (χ0n) is 16.5. The van der Waals surface area contributed by atoms with Gasteiger partial charge in [-0.1, -0.05) is 42.5 Å². The van der Waals surface area contributed by atoms with Gasteiger partial charge in [-0.05, 0) is 36.8 Å². The molecule has 1 saturated heterocycles. The van der Waals surface area contributed by atoms with Crippen LogP contribution in [-0.4, -0.2) is 53.8 Å². The molecule has 0 bridgehead atoms. The number of carbonyl (C=O) groups excluding carboxylic acids is 1. The third-order valence-corrected chi connectivity index (χ3v) is 5.13. The van der Waals surface area contributed by atoms with Crippen molar-refractivity contribution in [2.24, 2.45) is 0 Å². The van der Waals surface area contributed by atoms with Crippen LogP contribution < -0.4 is 9.64 Å². The van der Waals surface area contributed by atoms with Gasteiger partial charge in [-0.2, -0.15) is 0 Å². The summed E-state index contributed by atoms with van der Waals surface area (Å²) in [5.41, 5.74) is 3.15. The minimum atomic E-state index is 0.00879. The van der Waals surface area contributed by atoms with Crippen molar-refractivity contribution in [2.75, 3.05) is 37.7 Å². The Balaban J connectivity index is 1.31. The molecule has 2 aromatic carbocycles. The fourth-order valence-corrected chi connectivity index (χ4v) is 3.44. The molecule has 6 nitrogen and oxygen atoms in total. The number of aryl methyl sites for hydroxylation is 1. The number of hydrogen-bond donors (Lipinski definition) is 0. The van der Waals surface area contributed by atoms with E-state index in [2.05, 4.69) is 34.2 Å². The van der Waals surface area contributed by atoms with Crippen molar-refractivity contribution in [3.05, 3.63) is 72.3 Å². The third-order valence-electron chi connectivity index (χ3n) is 5.13. The van der Waals surface area contributed by atoms with Gasteiger partial charge in [0.15, 0.2) is 12.4 Å². The number of para-hydroxylation sites is 1. The summed E-state index contributed by atoms with van der Waals surface area (Å²) < 4.78 is 5.57. The van der Waals surface area contributed by atoms with Gasteiger partial charge in [-0.3, -0.25) is 4.79 Å². The number of benzene rings is 2. The van der Waals surface area contributed by atoms with Crippen molar-refractivity contribution in [1.29, 1.82) is 0 Å². The van der Waals surface area contributed by atoms with Crippen LogP contribution >= 0.6 is 0 Å². The van der Waals surface area contributed by atoms with Gasteiger partial charge >= 0.3 is 0 Å². The van der Waals surface area contributed by atoms with E-state index in [1.807, 2.05) is 59.5 Å². The first-order chi connectivity index (χ1) is 14.2. The van der Waals surface area contributed by atoms with Gasteiger partial charge in [-0.15, -0.1) is 10.2 Å². The molecule has 0 unspecified atom stereocenters. The lowest BCUT2D eigenvalue weighted by Crippen LogP contribution is -2.50. The normalized spacial score (nSPS) is 14.0. The standard InChI is InChI=1S/C23H24N4O2/c1-18-7-5-6-10-20(18)21-11-12-22(25-24-21)26-13-15-27(16-14-26)23(28)17-29-19-8-3-2-4-9-19/h2-12H,13-17H2,1H3. The highest BCUT2D eigenvalue weighted by Gasteiger charge is 2.22. The molecule has 0 radical (unpaired) electrons. The first kappa shape index (κ1) is 18.9. The van der Waals surface area contributed by atoms with Crippen LogP contribution in [0.4, 0.5) is 5.82 Å². The largest absolute Gasteiger partial charge is 0.484 e. The minimum Gasteiger partial charge on any atom is -0.484 e. The SMILES string of the molecule is Cc1ccccc1-c1ccc(N2CCN(C(=O)COc3ccccc3)CC2)nn1. The molecule has 1 aliphatic rings. The lowest BCUT2D eigenvalue weighted by atomic mass is 10.1. The molecule has 0 spiro atoms. The van der Waals surface area contributed by atoms with Crippen LogP contribution in [0.2, 0.25) is 0 Å². The summed E-state index contributed by atoms with van der Waals surface area (Å²) in [5.74, 6) is 1.56. The highest BCUT2D eigenvalue weighted by atomic mass is 16.5. The molecular weight excluding hydrogens is 364 g/mol. The van der Waals surface area contributed by atoms with Crippen LogP contribution in [0.15, 0.2) is 66.7 Å². The molecule has 0 atom stereocenters. The van der Waals surface area contributed by atoms with Gasteiger partial charge in [0, 0.05) is 31.7 Å². The second kappa shape index (κ2) is 8.73. The summed E-state index contributed by atoms with van der Waals surface area (Å²) >= 11 is 0. The lowest BCUT2D eigenvalue weighted by Gasteiger charge is -2.35. The summed E-state index contributed by atoms with van der Waals surface area (Å²) in [7, 11) is 0. The van der Waals surface area contributed by atoms with Crippen molar-refractivity contribution < 1.29 is 9.53 Å². The number of carbonyl (C=O) groups is 1. The number of ether oxygens (including phenoxy) is 1. The number of anilines is 1. The zero-order valence-corrected chi connectivity index (χ0v) is 16.5. The van der Waals surface area contributed by atoms with Gasteiger partial charge in [-0.25, -0.2) is 0 Å². The van der Waals surface area contributed by atoms with Crippen molar-refractivity contribution in [3.63, 3.8) is 0 Å². The van der Waals surface area contributed by atoms with E-state index in [0.717, 1.165) is 30.2 Å². The van der Waals surface area contributed by atoms with E-state index >= 15 is 0 Å². The minimum absolute atomic E-state index is 0.00879. The van der Waals surface area contributed by atoms with Crippen LogP contribution in [0, 0.1) is 6.92 Å². The van der Waals surface area contributed by atoms with Gasteiger partial charge < -0.3 is 14.5 Å². The Bertz CT molecular complexity index is 952. The molecule has 1 fully saturated rings. The van der Waals surface area contributed by atoms with E-state index in [1.165, 1.54) is 5.56 Å². The lowest BCUT2D eigenvalue weighted by molar-refractivity contribution is -0.133. The van der Waals surface area contributed by atoms with E-state index in [9.17, 15) is 4.79 Å². The maximum atomic E-state index is 12.4. The maximum Gasteiger partial charge on any atom is 0.260 e. The van der Waals surface area contributed by atoms with Crippen molar-refractivity contribution in [3.8, 4) is 17.0 Å². The molecule has 0 aliphatic carbocycles. The summed E-state index contributed by atoms with van der Waals surface area (Å²) in [5, 5.41) is 8.82. The Kier molecular flexibility index (Phi) is 5.70. The Morgan fingerprint density at radius 1 is 0.897 bits per heavy atom. The van der Waals surface area contributed by atoms with Gasteiger partial charge in [0.2, 0.25) is 0 Å². The summed E-state index contributed by atoms with van der Waals surface area (Å²) in [6, 6.07) is 21.6. The summed E-state index contributed by atoms with van der Waals surface area (Å²) in [6.45, 7) is 4.90. The van der Waals surface area contributed by atoms with Crippen LogP contribution in [0.5, 0.6) is 5.75 Å². The van der Waals surface area contributed by atoms with E-state index in [4.69, 9.17) is 4.74 Å². The molecule has 29 heavy (non-hydrogen) atoms. The van der Waals surface area contributed by atoms with E-state index in [-0.39, 0.29) is 12.5 Å². The Labute approximate surface area is 170 Å². The molecule has 1 aliphatic heterocycles. The number of aromatic nitrogens is 2. The Morgan fingerprint density at radius 2 is 1.62 bits per heavy atom. The average Bonchev–Trinajstić information content (AvgIpc) is 2.79. The number of piperazine rings is 1. The monoisotopic (exact) mass is 388 g/mol. The van der Waals surface area contributed by atoms with E-state index in [0.29, 0.717) is 18.8 Å². The van der Waals surface area contributed by atoms with Gasteiger partial charge in [0.05, 0.1) is 5.69 Å². The first-order valence-corrected chi connectivity index (χ1v) is 9.81. The maximum absolute atomic E-state index is 12.4. The third kappa shape index (κ3) is 4.54. The summed E-state index contributed by atoms with van der Waals surface area (Å²) in [4.78, 5) is 16.4. The molecule has 2 heterocycles. The quantitative estimate of drug-likeness (QED) is 0.672. The van der Waals surface area contributed by atoms with Crippen molar-refractivity contribution in [1.82, 2.24) is 15.1 Å². The van der Waals surface area contributed by atoms with Crippen LogP contribution in [0.25, 0.3) is 11.3 Å². The Morgan fingerprint density at radius 3 is 2.31 bits per heavy atom. The van der Waals surface area contributed by atoms with Crippen LogP contribution in [-0.2, 0) is 4.79 Å². The highest BCUT2D eigenvalue weighted by molar-refractivity contribution is 5.78. The number of rotatable bonds is 5. The van der Waals surface area contributed by atoms with Gasteiger partial charge in [0.25, 0.3) is 5.91 Å². The number of nitrogens with zero attached hydrogens (tertiary/aromatic N) is 4. The second-order valence-electron chi connectivity index (χ2n) is 7.06. The molecule has 148 valence electrons. The Hall–Kier alpha value is -3.41. The van der Waals surface area contributed by atoms with Gasteiger partial charge in [0.1, 0.15) is 5.75 Å².